The number of halogens is 2. The molecule has 2 heterocycles. The standard InChI is InChI=1S/C21H26F2N2O4/c22-21(23)9-6-18-17(12-21)25(19(26)14-28-18)16-7-10-24(11-8-16)20(27)29-13-15-4-2-1-3-5-15/h1-5,16-18H,6-14H2/t17-,18?/m0/s1. The number of alkyl halides is 2. The van der Waals surface area contributed by atoms with Gasteiger partial charge in [0.25, 0.3) is 0 Å². The molecule has 158 valence electrons. The predicted molar refractivity (Wildman–Crippen MR) is 100 cm³/mol. The third-order valence-electron chi connectivity index (χ3n) is 6.12. The third-order valence-corrected chi connectivity index (χ3v) is 6.12. The van der Waals surface area contributed by atoms with E-state index in [1.807, 2.05) is 30.3 Å². The van der Waals surface area contributed by atoms with E-state index in [0.717, 1.165) is 5.56 Å². The summed E-state index contributed by atoms with van der Waals surface area (Å²) in [7, 11) is 0. The molecule has 1 aliphatic carbocycles. The van der Waals surface area contributed by atoms with Gasteiger partial charge < -0.3 is 19.3 Å². The van der Waals surface area contributed by atoms with Crippen molar-refractivity contribution in [3.05, 3.63) is 35.9 Å². The average molecular weight is 408 g/mol. The van der Waals surface area contributed by atoms with E-state index in [4.69, 9.17) is 9.47 Å². The summed E-state index contributed by atoms with van der Waals surface area (Å²) in [6.07, 6.45) is 0.141. The first-order valence-electron chi connectivity index (χ1n) is 10.2. The Balaban J connectivity index is 1.33. The Kier molecular flexibility index (Phi) is 5.72. The lowest BCUT2D eigenvalue weighted by Gasteiger charge is -2.50. The Morgan fingerprint density at radius 3 is 2.62 bits per heavy atom. The van der Waals surface area contributed by atoms with Crippen molar-refractivity contribution in [1.29, 1.82) is 0 Å². The minimum absolute atomic E-state index is 0.0495. The lowest BCUT2D eigenvalue weighted by molar-refractivity contribution is -0.183. The zero-order valence-electron chi connectivity index (χ0n) is 16.3. The number of fused-ring (bicyclic) bond motifs is 1. The number of carbonyl (C=O) groups is 2. The van der Waals surface area contributed by atoms with Crippen molar-refractivity contribution in [3.63, 3.8) is 0 Å². The molecule has 2 saturated heterocycles. The fraction of sp³-hybridized carbons (Fsp3) is 0.619. The third kappa shape index (κ3) is 4.52. The Hall–Kier alpha value is -2.22. The molecule has 4 rings (SSSR count). The van der Waals surface area contributed by atoms with Gasteiger partial charge >= 0.3 is 6.09 Å². The van der Waals surface area contributed by atoms with Crippen molar-refractivity contribution in [2.45, 2.75) is 62.8 Å². The van der Waals surface area contributed by atoms with Crippen molar-refractivity contribution >= 4 is 12.0 Å². The minimum atomic E-state index is -2.76. The lowest BCUT2D eigenvalue weighted by atomic mass is 9.85. The molecule has 2 aliphatic heterocycles. The van der Waals surface area contributed by atoms with Crippen LogP contribution >= 0.6 is 0 Å². The number of amides is 2. The van der Waals surface area contributed by atoms with E-state index in [9.17, 15) is 18.4 Å². The monoisotopic (exact) mass is 408 g/mol. The minimum Gasteiger partial charge on any atom is -0.445 e. The molecule has 0 radical (unpaired) electrons. The number of ether oxygens (including phenoxy) is 2. The van der Waals surface area contributed by atoms with Crippen LogP contribution in [0.15, 0.2) is 30.3 Å². The van der Waals surface area contributed by atoms with Crippen LogP contribution in [0, 0.1) is 0 Å². The molecule has 3 fully saturated rings. The highest BCUT2D eigenvalue weighted by atomic mass is 19.3. The molecular weight excluding hydrogens is 382 g/mol. The van der Waals surface area contributed by atoms with E-state index in [0.29, 0.717) is 25.9 Å². The molecular formula is C21H26F2N2O4. The smallest absolute Gasteiger partial charge is 0.410 e. The normalized spacial score (nSPS) is 27.4. The second-order valence-corrected chi connectivity index (χ2v) is 8.07. The second-order valence-electron chi connectivity index (χ2n) is 8.07. The summed E-state index contributed by atoms with van der Waals surface area (Å²) < 4.78 is 38.8. The number of rotatable bonds is 3. The van der Waals surface area contributed by atoms with Crippen LogP contribution in [0.5, 0.6) is 0 Å². The van der Waals surface area contributed by atoms with Gasteiger partial charge in [0.05, 0.1) is 12.1 Å². The fourth-order valence-electron chi connectivity index (χ4n) is 4.61. The summed E-state index contributed by atoms with van der Waals surface area (Å²) >= 11 is 0. The molecule has 0 aromatic heterocycles. The molecule has 0 spiro atoms. The van der Waals surface area contributed by atoms with Gasteiger partial charge in [0.1, 0.15) is 13.2 Å². The molecule has 1 aromatic rings. The number of likely N-dealkylation sites (tertiary alicyclic amines) is 1. The molecule has 3 aliphatic rings. The molecule has 6 nitrogen and oxygen atoms in total. The van der Waals surface area contributed by atoms with Crippen molar-refractivity contribution in [3.8, 4) is 0 Å². The van der Waals surface area contributed by atoms with Crippen molar-refractivity contribution in [2.75, 3.05) is 19.7 Å². The van der Waals surface area contributed by atoms with Gasteiger partial charge in [-0.1, -0.05) is 30.3 Å². The van der Waals surface area contributed by atoms with Crippen LogP contribution in [0.2, 0.25) is 0 Å². The van der Waals surface area contributed by atoms with Crippen LogP contribution in [-0.2, 0) is 20.9 Å². The lowest BCUT2D eigenvalue weighted by Crippen LogP contribution is -2.63. The Morgan fingerprint density at radius 1 is 1.17 bits per heavy atom. The van der Waals surface area contributed by atoms with Gasteiger partial charge in [-0.2, -0.15) is 0 Å². The van der Waals surface area contributed by atoms with Crippen LogP contribution in [0.1, 0.15) is 37.7 Å². The summed E-state index contributed by atoms with van der Waals surface area (Å²) in [5.74, 6) is -2.99. The van der Waals surface area contributed by atoms with Gasteiger partial charge in [0.2, 0.25) is 11.8 Å². The zero-order chi connectivity index (χ0) is 20.4. The molecule has 8 heteroatoms. The average Bonchev–Trinajstić information content (AvgIpc) is 2.72. The number of benzene rings is 1. The highest BCUT2D eigenvalue weighted by Gasteiger charge is 2.49. The van der Waals surface area contributed by atoms with E-state index in [2.05, 4.69) is 0 Å². The second kappa shape index (κ2) is 8.26. The molecule has 1 saturated carbocycles. The van der Waals surface area contributed by atoms with Gasteiger partial charge in [-0.3, -0.25) is 4.79 Å². The van der Waals surface area contributed by atoms with E-state index in [-0.39, 0.29) is 56.6 Å². The molecule has 2 amide bonds. The first-order valence-corrected chi connectivity index (χ1v) is 10.2. The maximum Gasteiger partial charge on any atom is 0.410 e. The van der Waals surface area contributed by atoms with Gasteiger partial charge in [-0.25, -0.2) is 13.6 Å². The Bertz CT molecular complexity index is 737. The molecule has 2 atom stereocenters. The van der Waals surface area contributed by atoms with Crippen LogP contribution < -0.4 is 0 Å². The van der Waals surface area contributed by atoms with Gasteiger partial charge in [-0.05, 0) is 24.8 Å². The quantitative estimate of drug-likeness (QED) is 0.771. The van der Waals surface area contributed by atoms with Crippen molar-refractivity contribution in [1.82, 2.24) is 9.80 Å². The van der Waals surface area contributed by atoms with E-state index >= 15 is 0 Å². The van der Waals surface area contributed by atoms with Crippen LogP contribution in [0.3, 0.4) is 0 Å². The van der Waals surface area contributed by atoms with Crippen LogP contribution in [0.4, 0.5) is 13.6 Å². The molecule has 1 unspecified atom stereocenters. The highest BCUT2D eigenvalue weighted by Crippen LogP contribution is 2.40. The molecule has 29 heavy (non-hydrogen) atoms. The molecule has 1 aromatic carbocycles. The Labute approximate surface area is 168 Å². The number of morpholine rings is 1. The van der Waals surface area contributed by atoms with Crippen LogP contribution in [-0.4, -0.2) is 65.6 Å². The maximum atomic E-state index is 14.0. The zero-order valence-corrected chi connectivity index (χ0v) is 16.3. The summed E-state index contributed by atoms with van der Waals surface area (Å²) in [6, 6.07) is 8.72. The van der Waals surface area contributed by atoms with E-state index in [1.165, 1.54) is 0 Å². The van der Waals surface area contributed by atoms with E-state index in [1.54, 1.807) is 9.80 Å². The first kappa shape index (κ1) is 20.1. The SMILES string of the molecule is O=C(OCc1ccccc1)N1CCC(N2C(=O)COC3CCC(F)(F)C[C@@H]32)CC1. The van der Waals surface area contributed by atoms with E-state index < -0.39 is 12.0 Å². The number of hydrogen-bond donors (Lipinski definition) is 0. The van der Waals surface area contributed by atoms with Gasteiger partial charge in [0.15, 0.2) is 0 Å². The molecule has 0 N–H and O–H groups in total. The van der Waals surface area contributed by atoms with Crippen LogP contribution in [0.25, 0.3) is 0 Å². The number of carbonyl (C=O) groups excluding carboxylic acids is 2. The summed E-state index contributed by atoms with van der Waals surface area (Å²) in [4.78, 5) is 28.1. The van der Waals surface area contributed by atoms with Gasteiger partial charge in [-0.15, -0.1) is 0 Å². The summed E-state index contributed by atoms with van der Waals surface area (Å²) in [5, 5.41) is 0. The van der Waals surface area contributed by atoms with Gasteiger partial charge in [0, 0.05) is 32.0 Å². The van der Waals surface area contributed by atoms with Crippen molar-refractivity contribution in [2.24, 2.45) is 0 Å². The highest BCUT2D eigenvalue weighted by molar-refractivity contribution is 5.79. The first-order chi connectivity index (χ1) is 13.9. The fourth-order valence-corrected chi connectivity index (χ4v) is 4.61. The topological polar surface area (TPSA) is 59.1 Å². The maximum absolute atomic E-state index is 14.0. The largest absolute Gasteiger partial charge is 0.445 e. The molecule has 0 bridgehead atoms. The summed E-state index contributed by atoms with van der Waals surface area (Å²) in [5.41, 5.74) is 0.916. The number of hydrogen-bond acceptors (Lipinski definition) is 4. The summed E-state index contributed by atoms with van der Waals surface area (Å²) in [6.45, 7) is 1.04. The predicted octanol–water partition coefficient (Wildman–Crippen LogP) is 3.20. The number of nitrogens with zero attached hydrogens (tertiary/aromatic N) is 2. The Morgan fingerprint density at radius 2 is 1.90 bits per heavy atom. The van der Waals surface area contributed by atoms with Crippen molar-refractivity contribution < 1.29 is 27.8 Å². The number of piperidine rings is 1.